The molecule has 3 aromatic rings. The molecule has 1 amide bonds. The molecule has 0 radical (unpaired) electrons. The predicted octanol–water partition coefficient (Wildman–Crippen LogP) is 4.78. The summed E-state index contributed by atoms with van der Waals surface area (Å²) in [4.78, 5) is 19.0. The quantitative estimate of drug-likeness (QED) is 0.605. The average Bonchev–Trinajstić information content (AvgIpc) is 3.36. The SMILES string of the molecule is CCOc1ccc(-c2noc(C3CC(=O)N(c4cccc(C(C)C)c4)C3)n2)cc1. The highest BCUT2D eigenvalue weighted by molar-refractivity contribution is 5.96. The van der Waals surface area contributed by atoms with Crippen molar-refractivity contribution < 1.29 is 14.1 Å². The van der Waals surface area contributed by atoms with Gasteiger partial charge >= 0.3 is 0 Å². The third-order valence-electron chi connectivity index (χ3n) is 5.19. The van der Waals surface area contributed by atoms with Crippen LogP contribution in [0, 0.1) is 0 Å². The Morgan fingerprint density at radius 3 is 2.72 bits per heavy atom. The number of nitrogens with zero attached hydrogens (tertiary/aromatic N) is 3. The van der Waals surface area contributed by atoms with Gasteiger partial charge in [0, 0.05) is 24.2 Å². The van der Waals surface area contributed by atoms with Crippen LogP contribution < -0.4 is 9.64 Å². The Labute approximate surface area is 170 Å². The van der Waals surface area contributed by atoms with E-state index in [1.165, 1.54) is 5.56 Å². The molecule has 1 unspecified atom stereocenters. The molecule has 0 aliphatic carbocycles. The fourth-order valence-electron chi connectivity index (χ4n) is 3.56. The van der Waals surface area contributed by atoms with Crippen LogP contribution in [0.2, 0.25) is 0 Å². The molecule has 1 aromatic heterocycles. The zero-order valence-corrected chi connectivity index (χ0v) is 17.0. The Morgan fingerprint density at radius 1 is 1.21 bits per heavy atom. The van der Waals surface area contributed by atoms with Crippen LogP contribution in [0.1, 0.15) is 50.5 Å². The molecule has 150 valence electrons. The van der Waals surface area contributed by atoms with Crippen molar-refractivity contribution in [2.24, 2.45) is 0 Å². The van der Waals surface area contributed by atoms with E-state index in [1.54, 1.807) is 0 Å². The Bertz CT molecular complexity index is 995. The lowest BCUT2D eigenvalue weighted by Gasteiger charge is -2.18. The largest absolute Gasteiger partial charge is 0.494 e. The first kappa shape index (κ1) is 19.2. The summed E-state index contributed by atoms with van der Waals surface area (Å²) in [6.07, 6.45) is 0.372. The van der Waals surface area contributed by atoms with Crippen LogP contribution in [0.15, 0.2) is 53.1 Å². The topological polar surface area (TPSA) is 68.5 Å². The van der Waals surface area contributed by atoms with Gasteiger partial charge in [-0.3, -0.25) is 4.79 Å². The lowest BCUT2D eigenvalue weighted by molar-refractivity contribution is -0.117. The number of carbonyl (C=O) groups is 1. The number of benzene rings is 2. The first-order valence-electron chi connectivity index (χ1n) is 10.0. The number of hydrogen-bond donors (Lipinski definition) is 0. The molecule has 0 spiro atoms. The number of aromatic nitrogens is 2. The summed E-state index contributed by atoms with van der Waals surface area (Å²) in [5, 5.41) is 4.11. The summed E-state index contributed by atoms with van der Waals surface area (Å²) in [7, 11) is 0. The molecule has 4 rings (SSSR count). The minimum Gasteiger partial charge on any atom is -0.494 e. The minimum absolute atomic E-state index is 0.0803. The number of ether oxygens (including phenoxy) is 1. The van der Waals surface area contributed by atoms with Crippen molar-refractivity contribution in [3.8, 4) is 17.1 Å². The normalized spacial score (nSPS) is 16.6. The number of anilines is 1. The minimum atomic E-state index is -0.103. The first-order valence-corrected chi connectivity index (χ1v) is 10.0. The van der Waals surface area contributed by atoms with Crippen LogP contribution in [0.4, 0.5) is 5.69 Å². The standard InChI is InChI=1S/C23H25N3O3/c1-4-28-20-10-8-16(9-11-20)22-24-23(29-25-22)18-13-21(27)26(14-18)19-7-5-6-17(12-19)15(2)3/h5-12,15,18H,4,13-14H2,1-3H3. The van der Waals surface area contributed by atoms with Crippen LogP contribution in [-0.4, -0.2) is 29.2 Å². The molecule has 0 saturated carbocycles. The van der Waals surface area contributed by atoms with Crippen molar-refractivity contribution in [1.29, 1.82) is 0 Å². The summed E-state index contributed by atoms with van der Waals surface area (Å²) < 4.78 is 11.0. The highest BCUT2D eigenvalue weighted by atomic mass is 16.5. The van der Waals surface area contributed by atoms with Gasteiger partial charge in [0.15, 0.2) is 0 Å². The average molecular weight is 391 g/mol. The summed E-state index contributed by atoms with van der Waals surface area (Å²) in [6.45, 7) is 7.41. The third kappa shape index (κ3) is 4.01. The highest BCUT2D eigenvalue weighted by Gasteiger charge is 2.35. The Kier molecular flexibility index (Phi) is 5.34. The molecule has 1 aliphatic heterocycles. The molecule has 1 atom stereocenters. The predicted molar refractivity (Wildman–Crippen MR) is 111 cm³/mol. The number of carbonyl (C=O) groups excluding carboxylic acids is 1. The molecule has 0 N–H and O–H groups in total. The molecular formula is C23H25N3O3. The summed E-state index contributed by atoms with van der Waals surface area (Å²) in [6, 6.07) is 15.7. The van der Waals surface area contributed by atoms with Crippen LogP contribution in [0.5, 0.6) is 5.75 Å². The molecular weight excluding hydrogens is 366 g/mol. The molecule has 6 nitrogen and oxygen atoms in total. The fraction of sp³-hybridized carbons (Fsp3) is 0.348. The van der Waals surface area contributed by atoms with Gasteiger partial charge in [0.25, 0.3) is 0 Å². The van der Waals surface area contributed by atoms with Gasteiger partial charge in [0.2, 0.25) is 17.6 Å². The maximum Gasteiger partial charge on any atom is 0.232 e. The zero-order chi connectivity index (χ0) is 20.4. The van der Waals surface area contributed by atoms with Gasteiger partial charge in [-0.15, -0.1) is 0 Å². The molecule has 1 aliphatic rings. The second-order valence-corrected chi connectivity index (χ2v) is 7.57. The molecule has 1 saturated heterocycles. The highest BCUT2D eigenvalue weighted by Crippen LogP contribution is 2.33. The van der Waals surface area contributed by atoms with Crippen molar-refractivity contribution in [3.63, 3.8) is 0 Å². The van der Waals surface area contributed by atoms with E-state index in [9.17, 15) is 4.79 Å². The Hall–Kier alpha value is -3.15. The van der Waals surface area contributed by atoms with E-state index in [1.807, 2.05) is 48.2 Å². The molecule has 0 bridgehead atoms. The van der Waals surface area contributed by atoms with Gasteiger partial charge in [0.1, 0.15) is 5.75 Å². The zero-order valence-electron chi connectivity index (χ0n) is 17.0. The monoisotopic (exact) mass is 391 g/mol. The van der Waals surface area contributed by atoms with E-state index in [4.69, 9.17) is 9.26 Å². The number of hydrogen-bond acceptors (Lipinski definition) is 5. The first-order chi connectivity index (χ1) is 14.0. The van der Waals surface area contributed by atoms with Gasteiger partial charge in [0.05, 0.1) is 12.5 Å². The van der Waals surface area contributed by atoms with Crippen molar-refractivity contribution in [2.45, 2.75) is 39.0 Å². The van der Waals surface area contributed by atoms with Gasteiger partial charge in [-0.25, -0.2) is 0 Å². The van der Waals surface area contributed by atoms with E-state index >= 15 is 0 Å². The van der Waals surface area contributed by atoms with E-state index in [2.05, 4.69) is 36.1 Å². The van der Waals surface area contributed by atoms with Crippen molar-refractivity contribution in [2.75, 3.05) is 18.1 Å². The van der Waals surface area contributed by atoms with Crippen LogP contribution >= 0.6 is 0 Å². The molecule has 2 aromatic carbocycles. The summed E-state index contributed by atoms with van der Waals surface area (Å²) in [5.74, 6) is 2.23. The third-order valence-corrected chi connectivity index (χ3v) is 5.19. The smallest absolute Gasteiger partial charge is 0.232 e. The van der Waals surface area contributed by atoms with Crippen LogP contribution in [0.3, 0.4) is 0 Å². The fourth-order valence-corrected chi connectivity index (χ4v) is 3.56. The van der Waals surface area contributed by atoms with Crippen molar-refractivity contribution in [1.82, 2.24) is 10.1 Å². The Balaban J connectivity index is 1.50. The molecule has 29 heavy (non-hydrogen) atoms. The van der Waals surface area contributed by atoms with Crippen LogP contribution in [0.25, 0.3) is 11.4 Å². The molecule has 6 heteroatoms. The number of amides is 1. The maximum absolute atomic E-state index is 12.6. The summed E-state index contributed by atoms with van der Waals surface area (Å²) in [5.41, 5.74) is 3.00. The second-order valence-electron chi connectivity index (χ2n) is 7.57. The summed E-state index contributed by atoms with van der Waals surface area (Å²) >= 11 is 0. The molecule has 1 fully saturated rings. The Morgan fingerprint density at radius 2 is 2.00 bits per heavy atom. The van der Waals surface area contributed by atoms with E-state index in [0.29, 0.717) is 37.2 Å². The lowest BCUT2D eigenvalue weighted by Crippen LogP contribution is -2.24. The van der Waals surface area contributed by atoms with Crippen molar-refractivity contribution in [3.05, 3.63) is 60.0 Å². The van der Waals surface area contributed by atoms with Crippen LogP contribution in [-0.2, 0) is 4.79 Å². The van der Waals surface area contributed by atoms with Crippen molar-refractivity contribution >= 4 is 11.6 Å². The van der Waals surface area contributed by atoms with E-state index < -0.39 is 0 Å². The van der Waals surface area contributed by atoms with Gasteiger partial charge in [-0.1, -0.05) is 31.1 Å². The number of rotatable bonds is 6. The van der Waals surface area contributed by atoms with E-state index in [0.717, 1.165) is 17.0 Å². The lowest BCUT2D eigenvalue weighted by atomic mass is 10.0. The van der Waals surface area contributed by atoms with Gasteiger partial charge in [-0.05, 0) is 54.8 Å². The second kappa shape index (κ2) is 8.07. The van der Waals surface area contributed by atoms with Gasteiger partial charge < -0.3 is 14.2 Å². The molecule has 2 heterocycles. The van der Waals surface area contributed by atoms with Gasteiger partial charge in [-0.2, -0.15) is 4.98 Å². The maximum atomic E-state index is 12.6. The van der Waals surface area contributed by atoms with E-state index in [-0.39, 0.29) is 11.8 Å².